The van der Waals surface area contributed by atoms with E-state index < -0.39 is 18.6 Å². The molecule has 0 bridgehead atoms. The molecule has 0 aliphatic carbocycles. The quantitative estimate of drug-likeness (QED) is 0.515. The molecule has 0 aliphatic heterocycles. The van der Waals surface area contributed by atoms with Crippen LogP contribution in [-0.2, 0) is 17.8 Å². The fourth-order valence-corrected chi connectivity index (χ4v) is 3.34. The van der Waals surface area contributed by atoms with E-state index in [4.69, 9.17) is 4.74 Å². The maximum Gasteiger partial charge on any atom is 0.405 e. The van der Waals surface area contributed by atoms with Crippen molar-refractivity contribution in [2.75, 3.05) is 11.9 Å². The van der Waals surface area contributed by atoms with Crippen LogP contribution in [-0.4, -0.2) is 29.5 Å². The summed E-state index contributed by atoms with van der Waals surface area (Å²) in [6, 6.07) is 13.2. The van der Waals surface area contributed by atoms with Crippen LogP contribution in [0.1, 0.15) is 26.6 Å². The molecule has 0 fully saturated rings. The Balaban J connectivity index is 1.47. The number of thiazole rings is 1. The van der Waals surface area contributed by atoms with E-state index in [0.717, 1.165) is 16.3 Å². The number of aromatic nitrogens is 1. The van der Waals surface area contributed by atoms with Gasteiger partial charge in [0.2, 0.25) is 5.91 Å². The van der Waals surface area contributed by atoms with E-state index in [9.17, 15) is 22.8 Å². The molecule has 168 valence electrons. The molecule has 0 atom stereocenters. The van der Waals surface area contributed by atoms with Gasteiger partial charge in [-0.15, -0.1) is 11.3 Å². The van der Waals surface area contributed by atoms with Gasteiger partial charge in [0.1, 0.15) is 23.9 Å². The van der Waals surface area contributed by atoms with Crippen molar-refractivity contribution in [1.82, 2.24) is 10.3 Å². The number of hydrogen-bond acceptors (Lipinski definition) is 5. The monoisotopic (exact) mass is 463 g/mol. The van der Waals surface area contributed by atoms with Gasteiger partial charge in [-0.05, 0) is 43.3 Å². The van der Waals surface area contributed by atoms with Crippen molar-refractivity contribution in [2.24, 2.45) is 0 Å². The van der Waals surface area contributed by atoms with Crippen LogP contribution in [0.4, 0.5) is 18.9 Å². The van der Waals surface area contributed by atoms with Gasteiger partial charge in [-0.2, -0.15) is 13.2 Å². The number of carbonyl (C=O) groups is 2. The maximum absolute atomic E-state index is 12.3. The fourth-order valence-electron chi connectivity index (χ4n) is 2.63. The first-order valence-corrected chi connectivity index (χ1v) is 10.4. The number of hydrogen-bond donors (Lipinski definition) is 2. The lowest BCUT2D eigenvalue weighted by atomic mass is 10.2. The van der Waals surface area contributed by atoms with Crippen LogP contribution in [0, 0.1) is 6.92 Å². The summed E-state index contributed by atoms with van der Waals surface area (Å²) in [5, 5.41) is 6.97. The van der Waals surface area contributed by atoms with Crippen molar-refractivity contribution in [1.29, 1.82) is 0 Å². The number of amides is 2. The number of ether oxygens (including phenoxy) is 1. The second-order valence-electron chi connectivity index (χ2n) is 6.93. The van der Waals surface area contributed by atoms with E-state index in [0.29, 0.717) is 18.0 Å². The predicted molar refractivity (Wildman–Crippen MR) is 115 cm³/mol. The summed E-state index contributed by atoms with van der Waals surface area (Å²) in [5.74, 6) is -0.417. The maximum atomic E-state index is 12.3. The predicted octanol–water partition coefficient (Wildman–Crippen LogP) is 4.50. The van der Waals surface area contributed by atoms with E-state index in [-0.39, 0.29) is 17.9 Å². The second-order valence-corrected chi connectivity index (χ2v) is 7.88. The molecule has 1 heterocycles. The Hall–Kier alpha value is -3.40. The first-order chi connectivity index (χ1) is 15.2. The zero-order valence-corrected chi connectivity index (χ0v) is 17.8. The number of carbonyl (C=O) groups excluding carboxylic acids is 2. The zero-order valence-electron chi connectivity index (χ0n) is 17.0. The second kappa shape index (κ2) is 10.3. The molecule has 2 aromatic carbocycles. The molecule has 3 aromatic rings. The molecule has 6 nitrogen and oxygen atoms in total. The summed E-state index contributed by atoms with van der Waals surface area (Å²) in [4.78, 5) is 28.4. The summed E-state index contributed by atoms with van der Waals surface area (Å²) in [6.45, 7) is 0.884. The van der Waals surface area contributed by atoms with Gasteiger partial charge in [0.05, 0.1) is 12.1 Å². The Bertz CT molecular complexity index is 1060. The topological polar surface area (TPSA) is 80.3 Å². The average Bonchev–Trinajstić information content (AvgIpc) is 3.18. The molecule has 3 rings (SSSR count). The molecule has 0 unspecified atom stereocenters. The lowest BCUT2D eigenvalue weighted by Gasteiger charge is -2.09. The van der Waals surface area contributed by atoms with Gasteiger partial charge in [0, 0.05) is 16.6 Å². The van der Waals surface area contributed by atoms with Crippen molar-refractivity contribution in [3.8, 4) is 5.75 Å². The molecule has 32 heavy (non-hydrogen) atoms. The highest BCUT2D eigenvalue weighted by Gasteiger charge is 2.27. The summed E-state index contributed by atoms with van der Waals surface area (Å²) < 4.78 is 42.2. The first-order valence-electron chi connectivity index (χ1n) is 9.55. The van der Waals surface area contributed by atoms with Crippen LogP contribution in [0.2, 0.25) is 0 Å². The highest BCUT2D eigenvalue weighted by molar-refractivity contribution is 7.09. The van der Waals surface area contributed by atoms with Gasteiger partial charge >= 0.3 is 6.18 Å². The Kier molecular flexibility index (Phi) is 7.47. The Morgan fingerprint density at radius 1 is 1.06 bits per heavy atom. The largest absolute Gasteiger partial charge is 0.486 e. The summed E-state index contributed by atoms with van der Waals surface area (Å²) >= 11 is 1.39. The lowest BCUT2D eigenvalue weighted by molar-refractivity contribution is -0.123. The van der Waals surface area contributed by atoms with E-state index in [1.54, 1.807) is 10.7 Å². The number of halogens is 3. The third kappa shape index (κ3) is 7.38. The van der Waals surface area contributed by atoms with Crippen molar-refractivity contribution in [3.05, 3.63) is 75.7 Å². The number of alkyl halides is 3. The van der Waals surface area contributed by atoms with Crippen molar-refractivity contribution in [3.63, 3.8) is 0 Å². The third-order valence-electron chi connectivity index (χ3n) is 4.20. The number of nitrogens with zero attached hydrogens (tertiary/aromatic N) is 1. The van der Waals surface area contributed by atoms with Crippen LogP contribution in [0.3, 0.4) is 0 Å². The molecule has 0 saturated heterocycles. The normalized spacial score (nSPS) is 11.1. The fraction of sp³-hybridized carbons (Fsp3) is 0.227. The Morgan fingerprint density at radius 2 is 1.75 bits per heavy atom. The molecule has 0 saturated carbocycles. The summed E-state index contributed by atoms with van der Waals surface area (Å²) in [7, 11) is 0. The SMILES string of the molecule is Cc1ccc(OCc2nc(CC(=O)Nc3ccc(C(=O)NCC(F)(F)F)cc3)cs2)cc1. The van der Waals surface area contributed by atoms with Crippen molar-refractivity contribution in [2.45, 2.75) is 26.1 Å². The molecule has 1 aromatic heterocycles. The van der Waals surface area contributed by atoms with Gasteiger partial charge in [-0.3, -0.25) is 9.59 Å². The Morgan fingerprint density at radius 3 is 2.41 bits per heavy atom. The highest BCUT2D eigenvalue weighted by Crippen LogP contribution is 2.17. The minimum absolute atomic E-state index is 0.0504. The van der Waals surface area contributed by atoms with Crippen molar-refractivity contribution >= 4 is 28.8 Å². The van der Waals surface area contributed by atoms with E-state index >= 15 is 0 Å². The highest BCUT2D eigenvalue weighted by atomic mass is 32.1. The van der Waals surface area contributed by atoms with Crippen LogP contribution < -0.4 is 15.4 Å². The van der Waals surface area contributed by atoms with Crippen molar-refractivity contribution < 1.29 is 27.5 Å². The summed E-state index contributed by atoms with van der Waals surface area (Å²) in [5.41, 5.74) is 2.21. The standard InChI is InChI=1S/C22H20F3N3O3S/c1-14-2-8-18(9-3-14)31-11-20-28-17(12-32-20)10-19(29)27-16-6-4-15(5-7-16)21(30)26-13-22(23,24)25/h2-9,12H,10-11,13H2,1H3,(H,26,30)(H,27,29). The smallest absolute Gasteiger partial charge is 0.405 e. The van der Waals surface area contributed by atoms with Gasteiger partial charge in [-0.25, -0.2) is 4.98 Å². The van der Waals surface area contributed by atoms with E-state index in [1.807, 2.05) is 31.2 Å². The third-order valence-corrected chi connectivity index (χ3v) is 5.08. The average molecular weight is 463 g/mol. The number of rotatable bonds is 8. The van der Waals surface area contributed by atoms with Gasteiger partial charge < -0.3 is 15.4 Å². The van der Waals surface area contributed by atoms with Gasteiger partial charge in [0.15, 0.2) is 0 Å². The number of benzene rings is 2. The number of nitrogens with one attached hydrogen (secondary N) is 2. The van der Waals surface area contributed by atoms with Crippen LogP contribution >= 0.6 is 11.3 Å². The molecule has 0 aliphatic rings. The molecule has 2 N–H and O–H groups in total. The van der Waals surface area contributed by atoms with E-state index in [2.05, 4.69) is 10.3 Å². The van der Waals surface area contributed by atoms with Crippen LogP contribution in [0.5, 0.6) is 5.75 Å². The molecular weight excluding hydrogens is 443 g/mol. The van der Waals surface area contributed by atoms with Crippen LogP contribution in [0.25, 0.3) is 0 Å². The molecule has 0 spiro atoms. The number of anilines is 1. The summed E-state index contributed by atoms with van der Waals surface area (Å²) in [6.07, 6.45) is -4.43. The molecule has 0 radical (unpaired) electrons. The number of aryl methyl sites for hydroxylation is 1. The zero-order chi connectivity index (χ0) is 23.1. The first kappa shape index (κ1) is 23.3. The minimum Gasteiger partial charge on any atom is -0.486 e. The molecule has 2 amide bonds. The lowest BCUT2D eigenvalue weighted by Crippen LogP contribution is -2.33. The van der Waals surface area contributed by atoms with Crippen LogP contribution in [0.15, 0.2) is 53.9 Å². The van der Waals surface area contributed by atoms with Gasteiger partial charge in [-0.1, -0.05) is 17.7 Å². The van der Waals surface area contributed by atoms with Gasteiger partial charge in [0.25, 0.3) is 5.91 Å². The minimum atomic E-state index is -4.48. The van der Waals surface area contributed by atoms with E-state index in [1.165, 1.54) is 35.6 Å². The molecule has 10 heteroatoms. The Labute approximate surface area is 186 Å². The molecular formula is C22H20F3N3O3S.